The number of pyridine rings is 2. The average Bonchev–Trinajstić information content (AvgIpc) is 2.60. The van der Waals surface area contributed by atoms with Crippen LogP contribution in [0.15, 0.2) is 35.4 Å². The Bertz CT molecular complexity index is 749. The molecule has 0 aromatic carbocycles. The van der Waals surface area contributed by atoms with Gasteiger partial charge in [0.05, 0.1) is 11.6 Å². The highest BCUT2D eigenvalue weighted by molar-refractivity contribution is 5.40. The number of nitrogens with zero attached hydrogens (tertiary/aromatic N) is 3. The zero-order chi connectivity index (χ0) is 17.1. The van der Waals surface area contributed by atoms with E-state index in [2.05, 4.69) is 9.88 Å². The molecule has 0 spiro atoms. The number of aromatic hydroxyl groups is 1. The summed E-state index contributed by atoms with van der Waals surface area (Å²) in [6.07, 6.45) is 6.98. The fourth-order valence-electron chi connectivity index (χ4n) is 3.69. The molecule has 1 saturated heterocycles. The first-order valence-electron chi connectivity index (χ1n) is 8.70. The Morgan fingerprint density at radius 3 is 2.67 bits per heavy atom. The Morgan fingerprint density at radius 1 is 1.29 bits per heavy atom. The molecule has 2 aromatic rings. The van der Waals surface area contributed by atoms with Gasteiger partial charge in [-0.2, -0.15) is 0 Å². The van der Waals surface area contributed by atoms with Gasteiger partial charge in [0.25, 0.3) is 5.56 Å². The smallest absolute Gasteiger partial charge is 0.259 e. The molecule has 0 bridgehead atoms. The largest absolute Gasteiger partial charge is 0.507 e. The molecular weight excluding hydrogens is 302 g/mol. The number of aryl methyl sites for hydroxylation is 1. The minimum Gasteiger partial charge on any atom is -0.507 e. The molecule has 3 heterocycles. The topological polar surface area (TPSA) is 58.4 Å². The van der Waals surface area contributed by atoms with E-state index in [1.54, 1.807) is 23.0 Å². The zero-order valence-electron chi connectivity index (χ0n) is 14.4. The van der Waals surface area contributed by atoms with Crippen LogP contribution < -0.4 is 5.56 Å². The molecule has 3 rings (SSSR count). The standard InChI is InChI=1S/C19H25N3O2/c1-3-22-14(2)12-16(23)17(19(22)24)18(15-8-7-9-20-13-15)21-10-5-4-6-11-21/h7-9,12-13,18,23H,3-6,10-11H2,1-2H3. The van der Waals surface area contributed by atoms with Crippen molar-refractivity contribution in [1.82, 2.24) is 14.5 Å². The Morgan fingerprint density at radius 2 is 2.04 bits per heavy atom. The van der Waals surface area contributed by atoms with Crippen molar-refractivity contribution in [3.63, 3.8) is 0 Å². The summed E-state index contributed by atoms with van der Waals surface area (Å²) in [5.74, 6) is 0.0848. The Balaban J connectivity index is 2.18. The number of rotatable bonds is 4. The second-order valence-electron chi connectivity index (χ2n) is 6.42. The Kier molecular flexibility index (Phi) is 5.00. The van der Waals surface area contributed by atoms with Crippen molar-refractivity contribution in [3.05, 3.63) is 57.8 Å². The maximum atomic E-state index is 13.1. The lowest BCUT2D eigenvalue weighted by atomic mass is 9.96. The third-order valence-electron chi connectivity index (χ3n) is 4.87. The molecule has 1 unspecified atom stereocenters. The first-order chi connectivity index (χ1) is 11.6. The van der Waals surface area contributed by atoms with Crippen LogP contribution in [0.3, 0.4) is 0 Å². The van der Waals surface area contributed by atoms with Crippen molar-refractivity contribution in [2.45, 2.75) is 45.7 Å². The van der Waals surface area contributed by atoms with E-state index in [0.29, 0.717) is 12.1 Å². The summed E-state index contributed by atoms with van der Waals surface area (Å²) in [7, 11) is 0. The summed E-state index contributed by atoms with van der Waals surface area (Å²) in [6.45, 7) is 6.26. The van der Waals surface area contributed by atoms with Gasteiger partial charge < -0.3 is 9.67 Å². The maximum Gasteiger partial charge on any atom is 0.259 e. The van der Waals surface area contributed by atoms with E-state index in [-0.39, 0.29) is 17.4 Å². The SMILES string of the molecule is CCn1c(C)cc(O)c(C(c2cccnc2)N2CCCCC2)c1=O. The predicted octanol–water partition coefficient (Wildman–Crippen LogP) is 2.85. The van der Waals surface area contributed by atoms with Crippen LogP contribution in [0, 0.1) is 6.92 Å². The van der Waals surface area contributed by atoms with Gasteiger partial charge in [-0.3, -0.25) is 14.7 Å². The van der Waals surface area contributed by atoms with Crippen molar-refractivity contribution in [1.29, 1.82) is 0 Å². The molecule has 1 fully saturated rings. The molecule has 1 N–H and O–H groups in total. The lowest BCUT2D eigenvalue weighted by Crippen LogP contribution is -2.38. The summed E-state index contributed by atoms with van der Waals surface area (Å²) >= 11 is 0. The van der Waals surface area contributed by atoms with Crippen molar-refractivity contribution >= 4 is 0 Å². The monoisotopic (exact) mass is 327 g/mol. The van der Waals surface area contributed by atoms with Gasteiger partial charge in [0.15, 0.2) is 0 Å². The highest BCUT2D eigenvalue weighted by atomic mass is 16.3. The van der Waals surface area contributed by atoms with Crippen LogP contribution in [0.25, 0.3) is 0 Å². The lowest BCUT2D eigenvalue weighted by molar-refractivity contribution is 0.183. The number of piperidine rings is 1. The zero-order valence-corrected chi connectivity index (χ0v) is 14.4. The van der Waals surface area contributed by atoms with Gasteiger partial charge in [-0.05, 0) is 57.5 Å². The molecule has 1 aliphatic heterocycles. The van der Waals surface area contributed by atoms with Gasteiger partial charge >= 0.3 is 0 Å². The number of aromatic nitrogens is 2. The number of hydrogen-bond acceptors (Lipinski definition) is 4. The predicted molar refractivity (Wildman–Crippen MR) is 94.3 cm³/mol. The highest BCUT2D eigenvalue weighted by Gasteiger charge is 2.29. The third kappa shape index (κ3) is 3.08. The molecule has 0 amide bonds. The fraction of sp³-hybridized carbons (Fsp3) is 0.474. The van der Waals surface area contributed by atoms with Gasteiger partial charge in [-0.15, -0.1) is 0 Å². The Hall–Kier alpha value is -2.14. The van der Waals surface area contributed by atoms with Crippen LogP contribution in [0.5, 0.6) is 5.75 Å². The van der Waals surface area contributed by atoms with Gasteiger partial charge in [0.1, 0.15) is 5.75 Å². The minimum absolute atomic E-state index is 0.0848. The van der Waals surface area contributed by atoms with Crippen LogP contribution in [0.4, 0.5) is 0 Å². The fourth-order valence-corrected chi connectivity index (χ4v) is 3.69. The summed E-state index contributed by atoms with van der Waals surface area (Å²) in [5.41, 5.74) is 2.11. The summed E-state index contributed by atoms with van der Waals surface area (Å²) in [6, 6.07) is 5.33. The molecular formula is C19H25N3O2. The van der Waals surface area contributed by atoms with E-state index < -0.39 is 0 Å². The Labute approximate surface area is 142 Å². The molecule has 128 valence electrons. The average molecular weight is 327 g/mol. The summed E-state index contributed by atoms with van der Waals surface area (Å²) < 4.78 is 1.72. The maximum absolute atomic E-state index is 13.1. The molecule has 0 aliphatic carbocycles. The van der Waals surface area contributed by atoms with Crippen molar-refractivity contribution in [2.24, 2.45) is 0 Å². The third-order valence-corrected chi connectivity index (χ3v) is 4.87. The normalized spacial score (nSPS) is 16.9. The van der Waals surface area contributed by atoms with Gasteiger partial charge in [-0.25, -0.2) is 0 Å². The van der Waals surface area contributed by atoms with E-state index >= 15 is 0 Å². The second-order valence-corrected chi connectivity index (χ2v) is 6.42. The number of hydrogen-bond donors (Lipinski definition) is 1. The molecule has 1 aliphatic rings. The van der Waals surface area contributed by atoms with Gasteiger partial charge in [0.2, 0.25) is 0 Å². The van der Waals surface area contributed by atoms with Crippen LogP contribution in [-0.4, -0.2) is 32.6 Å². The van der Waals surface area contributed by atoms with Gasteiger partial charge in [-0.1, -0.05) is 12.5 Å². The van der Waals surface area contributed by atoms with E-state index in [4.69, 9.17) is 0 Å². The van der Waals surface area contributed by atoms with Crippen LogP contribution in [0.2, 0.25) is 0 Å². The molecule has 5 nitrogen and oxygen atoms in total. The first kappa shape index (κ1) is 16.7. The molecule has 24 heavy (non-hydrogen) atoms. The summed E-state index contributed by atoms with van der Waals surface area (Å²) in [4.78, 5) is 19.6. The summed E-state index contributed by atoms with van der Waals surface area (Å²) in [5, 5.41) is 10.6. The quantitative estimate of drug-likeness (QED) is 0.938. The molecule has 0 radical (unpaired) electrons. The molecule has 2 aromatic heterocycles. The van der Waals surface area contributed by atoms with E-state index in [1.807, 2.05) is 26.0 Å². The number of likely N-dealkylation sites (tertiary alicyclic amines) is 1. The van der Waals surface area contributed by atoms with Gasteiger partial charge in [0, 0.05) is 24.6 Å². The first-order valence-corrected chi connectivity index (χ1v) is 8.70. The van der Waals surface area contributed by atoms with Crippen molar-refractivity contribution in [2.75, 3.05) is 13.1 Å². The van der Waals surface area contributed by atoms with Crippen molar-refractivity contribution < 1.29 is 5.11 Å². The van der Waals surface area contributed by atoms with Crippen LogP contribution in [0.1, 0.15) is 49.0 Å². The van der Waals surface area contributed by atoms with Crippen LogP contribution in [-0.2, 0) is 6.54 Å². The highest BCUT2D eigenvalue weighted by Crippen LogP contribution is 2.33. The van der Waals surface area contributed by atoms with E-state index in [0.717, 1.165) is 37.2 Å². The lowest BCUT2D eigenvalue weighted by Gasteiger charge is -2.35. The molecule has 1 atom stereocenters. The van der Waals surface area contributed by atoms with Crippen molar-refractivity contribution in [3.8, 4) is 5.75 Å². The molecule has 5 heteroatoms. The molecule has 0 saturated carbocycles. The van der Waals surface area contributed by atoms with E-state index in [1.165, 1.54) is 6.42 Å². The second kappa shape index (κ2) is 7.18. The van der Waals surface area contributed by atoms with Crippen LogP contribution >= 0.6 is 0 Å². The van der Waals surface area contributed by atoms with E-state index in [9.17, 15) is 9.90 Å². The minimum atomic E-state index is -0.245.